The van der Waals surface area contributed by atoms with Crippen LogP contribution in [0.15, 0.2) is 46.3 Å². The average Bonchev–Trinajstić information content (AvgIpc) is 3.51. The van der Waals surface area contributed by atoms with Crippen LogP contribution in [0.25, 0.3) is 6.08 Å². The van der Waals surface area contributed by atoms with Crippen LogP contribution in [0.1, 0.15) is 30.9 Å². The third-order valence-electron chi connectivity index (χ3n) is 6.72. The second kappa shape index (κ2) is 10.4. The summed E-state index contributed by atoms with van der Waals surface area (Å²) in [6, 6.07) is 11.5. The third kappa shape index (κ3) is 5.09. The molecule has 2 aromatic carbocycles. The van der Waals surface area contributed by atoms with Crippen molar-refractivity contribution in [3.63, 3.8) is 0 Å². The monoisotopic (exact) mass is 494 g/mol. The van der Waals surface area contributed by atoms with Gasteiger partial charge in [-0.15, -0.1) is 0 Å². The van der Waals surface area contributed by atoms with Gasteiger partial charge in [-0.05, 0) is 92.1 Å². The van der Waals surface area contributed by atoms with Crippen LogP contribution in [0.2, 0.25) is 0 Å². The second-order valence-corrected chi connectivity index (χ2v) is 10.0. The Bertz CT molecular complexity index is 1150. The van der Waals surface area contributed by atoms with E-state index in [4.69, 9.17) is 9.73 Å². The predicted octanol–water partition coefficient (Wildman–Crippen LogP) is 5.19. The zero-order valence-corrected chi connectivity index (χ0v) is 21.1. The molecule has 3 aliphatic rings. The number of rotatable bonds is 5. The van der Waals surface area contributed by atoms with Gasteiger partial charge in [-0.25, -0.2) is 9.38 Å². The molecule has 3 fully saturated rings. The maximum absolute atomic E-state index is 14.9. The number of nitrogens with zero attached hydrogens (tertiary/aromatic N) is 4. The van der Waals surface area contributed by atoms with E-state index in [2.05, 4.69) is 21.9 Å². The standard InChI is InChI=1S/C27H31FN4O2S/c1-3-32-26(33)25(18-20-17-23(28)24(16-19(20)2)31-10-4-5-11-31)35-27(32)29-21-6-8-22(9-7-21)30-12-14-34-15-13-30/h6-9,16-18H,3-5,10-15H2,1-2H3. The first-order valence-electron chi connectivity index (χ1n) is 12.3. The lowest BCUT2D eigenvalue weighted by molar-refractivity contribution is -0.122. The largest absolute Gasteiger partial charge is 0.378 e. The summed E-state index contributed by atoms with van der Waals surface area (Å²) >= 11 is 1.35. The van der Waals surface area contributed by atoms with Crippen molar-refractivity contribution in [2.75, 3.05) is 55.7 Å². The number of aliphatic imine (C=N–C) groups is 1. The fourth-order valence-electron chi connectivity index (χ4n) is 4.72. The van der Waals surface area contributed by atoms with Gasteiger partial charge in [0.1, 0.15) is 5.82 Å². The molecular weight excluding hydrogens is 463 g/mol. The highest BCUT2D eigenvalue weighted by molar-refractivity contribution is 8.18. The van der Waals surface area contributed by atoms with Crippen molar-refractivity contribution in [1.82, 2.24) is 4.90 Å². The van der Waals surface area contributed by atoms with Crippen molar-refractivity contribution in [1.29, 1.82) is 0 Å². The fraction of sp³-hybridized carbons (Fsp3) is 0.407. The van der Waals surface area contributed by atoms with Gasteiger partial charge in [-0.2, -0.15) is 0 Å². The number of anilines is 2. The van der Waals surface area contributed by atoms with E-state index < -0.39 is 0 Å². The van der Waals surface area contributed by atoms with E-state index >= 15 is 0 Å². The van der Waals surface area contributed by atoms with Gasteiger partial charge in [0, 0.05) is 38.4 Å². The van der Waals surface area contributed by atoms with E-state index in [-0.39, 0.29) is 11.7 Å². The van der Waals surface area contributed by atoms with Gasteiger partial charge in [0.05, 0.1) is 29.5 Å². The van der Waals surface area contributed by atoms with Gasteiger partial charge < -0.3 is 14.5 Å². The van der Waals surface area contributed by atoms with Crippen molar-refractivity contribution in [2.24, 2.45) is 4.99 Å². The van der Waals surface area contributed by atoms with Crippen molar-refractivity contribution in [3.05, 3.63) is 58.2 Å². The van der Waals surface area contributed by atoms with Crippen LogP contribution in [-0.2, 0) is 9.53 Å². The quantitative estimate of drug-likeness (QED) is 0.535. The highest BCUT2D eigenvalue weighted by Gasteiger charge is 2.32. The fourth-order valence-corrected chi connectivity index (χ4v) is 5.77. The van der Waals surface area contributed by atoms with E-state index in [0.29, 0.717) is 22.3 Å². The first kappa shape index (κ1) is 23.9. The van der Waals surface area contributed by atoms with Crippen molar-refractivity contribution in [2.45, 2.75) is 26.7 Å². The molecule has 3 saturated heterocycles. The van der Waals surface area contributed by atoms with Crippen LogP contribution < -0.4 is 9.80 Å². The van der Waals surface area contributed by atoms with Crippen LogP contribution >= 0.6 is 11.8 Å². The van der Waals surface area contributed by atoms with Gasteiger partial charge >= 0.3 is 0 Å². The Morgan fingerprint density at radius 3 is 2.46 bits per heavy atom. The number of hydrogen-bond acceptors (Lipinski definition) is 6. The number of halogens is 1. The van der Waals surface area contributed by atoms with Gasteiger partial charge in [0.15, 0.2) is 5.17 Å². The molecule has 1 amide bonds. The lowest BCUT2D eigenvalue weighted by Crippen LogP contribution is -2.36. The second-order valence-electron chi connectivity index (χ2n) is 9.02. The Morgan fingerprint density at radius 1 is 1.06 bits per heavy atom. The summed E-state index contributed by atoms with van der Waals surface area (Å²) in [6.45, 7) is 9.47. The summed E-state index contributed by atoms with van der Waals surface area (Å²) in [5, 5.41) is 0.648. The minimum absolute atomic E-state index is 0.0929. The minimum atomic E-state index is -0.235. The molecule has 6 nitrogen and oxygen atoms in total. The highest BCUT2D eigenvalue weighted by atomic mass is 32.2. The molecule has 0 saturated carbocycles. The summed E-state index contributed by atoms with van der Waals surface area (Å²) in [4.78, 5) is 24.5. The number of carbonyl (C=O) groups is 1. The maximum Gasteiger partial charge on any atom is 0.266 e. The first-order valence-corrected chi connectivity index (χ1v) is 13.1. The molecule has 0 aromatic heterocycles. The van der Waals surface area contributed by atoms with Gasteiger partial charge in [0.2, 0.25) is 0 Å². The Kier molecular flexibility index (Phi) is 7.11. The Morgan fingerprint density at radius 2 is 1.77 bits per heavy atom. The molecule has 0 N–H and O–H groups in total. The molecule has 5 rings (SSSR count). The predicted molar refractivity (Wildman–Crippen MR) is 142 cm³/mol. The van der Waals surface area contributed by atoms with Crippen molar-refractivity contribution in [3.8, 4) is 0 Å². The summed E-state index contributed by atoms with van der Waals surface area (Å²) in [7, 11) is 0. The molecule has 0 unspecified atom stereocenters. The van der Waals surface area contributed by atoms with E-state index in [1.54, 1.807) is 17.0 Å². The molecule has 3 aliphatic heterocycles. The summed E-state index contributed by atoms with van der Waals surface area (Å²) < 4.78 is 20.4. The zero-order chi connectivity index (χ0) is 24.4. The van der Waals surface area contributed by atoms with Gasteiger partial charge in [-0.1, -0.05) is 0 Å². The normalized spacial score (nSPS) is 21.1. The molecular formula is C27H31FN4O2S. The number of carbonyl (C=O) groups excluding carboxylic acids is 1. The smallest absolute Gasteiger partial charge is 0.266 e. The number of morpholine rings is 1. The van der Waals surface area contributed by atoms with Crippen molar-refractivity contribution >= 4 is 46.0 Å². The molecule has 2 aromatic rings. The molecule has 184 valence electrons. The van der Waals surface area contributed by atoms with Crippen LogP contribution in [0.4, 0.5) is 21.5 Å². The number of thioether (sulfide) groups is 1. The van der Waals surface area contributed by atoms with Crippen LogP contribution in [0.3, 0.4) is 0 Å². The van der Waals surface area contributed by atoms with Crippen LogP contribution in [0, 0.1) is 12.7 Å². The zero-order valence-electron chi connectivity index (χ0n) is 20.3. The third-order valence-corrected chi connectivity index (χ3v) is 7.73. The number of hydrogen-bond donors (Lipinski definition) is 0. The number of ether oxygens (including phenoxy) is 1. The Hall–Kier alpha value is -2.84. The summed E-state index contributed by atoms with van der Waals surface area (Å²) in [5.41, 5.74) is 4.30. The molecule has 35 heavy (non-hydrogen) atoms. The Labute approximate surface area is 210 Å². The van der Waals surface area contributed by atoms with Gasteiger partial charge in [-0.3, -0.25) is 9.69 Å². The van der Waals surface area contributed by atoms with Gasteiger partial charge in [0.25, 0.3) is 5.91 Å². The molecule has 0 bridgehead atoms. The molecule has 8 heteroatoms. The van der Waals surface area contributed by atoms with Crippen LogP contribution in [0.5, 0.6) is 0 Å². The van der Waals surface area contributed by atoms with E-state index in [9.17, 15) is 9.18 Å². The lowest BCUT2D eigenvalue weighted by atomic mass is 10.1. The van der Waals surface area contributed by atoms with E-state index in [1.165, 1.54) is 11.8 Å². The average molecular weight is 495 g/mol. The number of likely N-dealkylation sites (N-methyl/N-ethyl adjacent to an activating group) is 1. The van der Waals surface area contributed by atoms with Crippen molar-refractivity contribution < 1.29 is 13.9 Å². The SMILES string of the molecule is CCN1C(=O)C(=Cc2cc(F)c(N3CCCC3)cc2C)SC1=Nc1ccc(N2CCOCC2)cc1. The number of benzene rings is 2. The lowest BCUT2D eigenvalue weighted by Gasteiger charge is -2.28. The molecule has 3 heterocycles. The number of aryl methyl sites for hydroxylation is 1. The first-order chi connectivity index (χ1) is 17.0. The molecule has 0 radical (unpaired) electrons. The topological polar surface area (TPSA) is 48.4 Å². The van der Waals surface area contributed by atoms with E-state index in [1.807, 2.05) is 32.0 Å². The highest BCUT2D eigenvalue weighted by Crippen LogP contribution is 2.36. The van der Waals surface area contributed by atoms with Crippen LogP contribution in [-0.4, -0.2) is 61.9 Å². The van der Waals surface area contributed by atoms with E-state index in [0.717, 1.165) is 74.7 Å². The number of amides is 1. The molecule has 0 atom stereocenters. The summed E-state index contributed by atoms with van der Waals surface area (Å²) in [5.74, 6) is -0.328. The maximum atomic E-state index is 14.9. The summed E-state index contributed by atoms with van der Waals surface area (Å²) in [6.07, 6.45) is 3.99. The molecule has 0 spiro atoms. The molecule has 0 aliphatic carbocycles. The minimum Gasteiger partial charge on any atom is -0.378 e. The number of amidine groups is 1. The Balaban J connectivity index is 1.37.